The maximum Gasteiger partial charge on any atom is 0.306 e. The lowest BCUT2D eigenvalue weighted by Crippen LogP contribution is -2.20. The number of carbonyl (C=O) groups is 1. The van der Waals surface area contributed by atoms with E-state index in [2.05, 4.69) is 23.8 Å². The number of nitrogens with one attached hydrogen (secondary N) is 3. The van der Waals surface area contributed by atoms with E-state index in [0.29, 0.717) is 18.8 Å². The van der Waals surface area contributed by atoms with Crippen LogP contribution in [0.4, 0.5) is 0 Å². The summed E-state index contributed by atoms with van der Waals surface area (Å²) in [6.07, 6.45) is 3.03. The minimum atomic E-state index is -0.776. The maximum atomic E-state index is 10.6. The zero-order valence-corrected chi connectivity index (χ0v) is 20.1. The first-order chi connectivity index (χ1) is 15.7. The second-order valence-electron chi connectivity index (χ2n) is 8.22. The van der Waals surface area contributed by atoms with E-state index in [9.17, 15) is 4.79 Å². The molecule has 2 heterocycles. The number of para-hydroxylation sites is 1. The average Bonchev–Trinajstić information content (AvgIpc) is 3.17. The van der Waals surface area contributed by atoms with Crippen molar-refractivity contribution in [2.24, 2.45) is 17.6 Å². The zero-order chi connectivity index (χ0) is 25.1. The predicted octanol–water partition coefficient (Wildman–Crippen LogP) is 6.24. The van der Waals surface area contributed by atoms with Gasteiger partial charge in [0.1, 0.15) is 16.9 Å². The Morgan fingerprint density at radius 2 is 1.79 bits per heavy atom. The monoisotopic (exact) mass is 456 g/mol. The third kappa shape index (κ3) is 7.62. The van der Waals surface area contributed by atoms with Crippen LogP contribution in [0.2, 0.25) is 0 Å². The number of aryl methyl sites for hydroxylation is 1. The van der Waals surface area contributed by atoms with Gasteiger partial charge in [-0.25, -0.2) is 21.0 Å². The highest BCUT2D eigenvalue weighted by atomic mass is 16.4. The molecule has 0 amide bonds. The zero-order valence-electron chi connectivity index (χ0n) is 20.1. The molecule has 0 radical (unpaired) electrons. The highest BCUT2D eigenvalue weighted by Crippen LogP contribution is 2.32. The lowest BCUT2D eigenvalue weighted by Gasteiger charge is -2.15. The van der Waals surface area contributed by atoms with Crippen LogP contribution >= 0.6 is 0 Å². The summed E-state index contributed by atoms with van der Waals surface area (Å²) >= 11 is 0. The summed E-state index contributed by atoms with van der Waals surface area (Å²) in [6, 6.07) is 8.02. The second-order valence-corrected chi connectivity index (χ2v) is 8.22. The van der Waals surface area contributed by atoms with E-state index >= 15 is 0 Å². The van der Waals surface area contributed by atoms with Gasteiger partial charge in [0, 0.05) is 17.7 Å². The Kier molecular flexibility index (Phi) is 11.1. The van der Waals surface area contributed by atoms with Gasteiger partial charge in [0.2, 0.25) is 0 Å². The fourth-order valence-electron chi connectivity index (χ4n) is 3.56. The summed E-state index contributed by atoms with van der Waals surface area (Å²) in [5.41, 5.74) is 18.9. The number of carboxylic acid groups (broad SMARTS) is 1. The molecule has 0 bridgehead atoms. The maximum absolute atomic E-state index is 10.6. The number of amidine groups is 1. The minimum Gasteiger partial charge on any atom is -0.481 e. The fourth-order valence-corrected chi connectivity index (χ4v) is 3.56. The number of hydrogen-bond acceptors (Lipinski definition) is 7. The van der Waals surface area contributed by atoms with Gasteiger partial charge in [-0.3, -0.25) is 10.2 Å². The molecular weight excluding hydrogens is 420 g/mol. The predicted molar refractivity (Wildman–Crippen MR) is 130 cm³/mol. The van der Waals surface area contributed by atoms with Gasteiger partial charge in [0.25, 0.3) is 0 Å². The van der Waals surface area contributed by atoms with Crippen molar-refractivity contribution in [1.82, 2.24) is 9.97 Å². The first-order valence-electron chi connectivity index (χ1n) is 11.1. The Balaban J connectivity index is 0.000000324. The van der Waals surface area contributed by atoms with Crippen LogP contribution in [0.25, 0.3) is 22.1 Å². The van der Waals surface area contributed by atoms with Crippen LogP contribution in [-0.2, 0) is 4.79 Å². The fraction of sp³-hybridized carbons (Fsp3) is 0.500. The quantitative estimate of drug-likeness (QED) is 0.152. The van der Waals surface area contributed by atoms with E-state index < -0.39 is 5.97 Å². The van der Waals surface area contributed by atoms with Gasteiger partial charge in [-0.15, -0.1) is 0 Å². The van der Waals surface area contributed by atoms with Gasteiger partial charge in [-0.2, -0.15) is 0 Å². The Morgan fingerprint density at radius 3 is 2.33 bits per heavy atom. The van der Waals surface area contributed by atoms with Crippen molar-refractivity contribution in [2.75, 3.05) is 0 Å². The van der Waals surface area contributed by atoms with Gasteiger partial charge in [-0.05, 0) is 37.8 Å². The molecule has 0 saturated heterocycles. The van der Waals surface area contributed by atoms with Crippen molar-refractivity contribution in [3.05, 3.63) is 35.8 Å². The van der Waals surface area contributed by atoms with Gasteiger partial charge in [0.15, 0.2) is 5.58 Å². The lowest BCUT2D eigenvalue weighted by atomic mass is 9.91. The Morgan fingerprint density at radius 1 is 1.15 bits per heavy atom. The van der Waals surface area contributed by atoms with Gasteiger partial charge in [0.05, 0.1) is 17.4 Å². The number of nitrogens with two attached hydrogens (primary N) is 1. The summed E-state index contributed by atoms with van der Waals surface area (Å²) < 4.78 is 5.94. The van der Waals surface area contributed by atoms with E-state index in [1.807, 2.05) is 38.1 Å². The van der Waals surface area contributed by atoms with Crippen molar-refractivity contribution < 1.29 is 14.3 Å². The van der Waals surface area contributed by atoms with Crippen LogP contribution in [0, 0.1) is 35.2 Å². The molecule has 3 atom stereocenters. The Labute approximate surface area is 194 Å². The average molecular weight is 457 g/mol. The molecule has 3 aromatic rings. The summed E-state index contributed by atoms with van der Waals surface area (Å²) in [5, 5.41) is 16.9. The molecule has 3 rings (SSSR count). The first-order valence-corrected chi connectivity index (χ1v) is 11.1. The van der Waals surface area contributed by atoms with Gasteiger partial charge < -0.3 is 15.3 Å². The summed E-state index contributed by atoms with van der Waals surface area (Å²) in [6.45, 7) is 9.95. The van der Waals surface area contributed by atoms with E-state index in [4.69, 9.17) is 31.7 Å². The standard InChI is InChI=1S/C15H16N2O.C9H18N2O2.H2N2/c1-4-9(2)13-15-14(17-10(3)16-13)11-7-5-6-8-12(11)18-15;1-3-7(5-8(10)11)4-6(2)9(12)13;1-2/h5-9H,4H2,1-3H3;6-7H,3-5H2,1-2H3,(H3,10,11)(H,12,13);1-2H. The topological polar surface area (TPSA) is 174 Å². The van der Waals surface area contributed by atoms with E-state index in [1.165, 1.54) is 0 Å². The molecule has 33 heavy (non-hydrogen) atoms. The number of fused-ring (bicyclic) bond motifs is 3. The van der Waals surface area contributed by atoms with E-state index in [0.717, 1.165) is 46.4 Å². The van der Waals surface area contributed by atoms with Crippen molar-refractivity contribution in [3.63, 3.8) is 0 Å². The lowest BCUT2D eigenvalue weighted by molar-refractivity contribution is -0.141. The third-order valence-corrected chi connectivity index (χ3v) is 5.63. The van der Waals surface area contributed by atoms with Crippen LogP contribution in [0.15, 0.2) is 28.7 Å². The van der Waals surface area contributed by atoms with Crippen molar-refractivity contribution in [1.29, 1.82) is 16.5 Å². The molecule has 0 fully saturated rings. The molecule has 6 N–H and O–H groups in total. The highest BCUT2D eigenvalue weighted by molar-refractivity contribution is 6.03. The first kappa shape index (κ1) is 27.7. The van der Waals surface area contributed by atoms with Gasteiger partial charge in [-0.1, -0.05) is 46.2 Å². The van der Waals surface area contributed by atoms with Crippen LogP contribution in [0.5, 0.6) is 0 Å². The number of aromatic nitrogens is 2. The van der Waals surface area contributed by atoms with Crippen LogP contribution in [0.1, 0.15) is 70.8 Å². The van der Waals surface area contributed by atoms with E-state index in [-0.39, 0.29) is 17.7 Å². The highest BCUT2D eigenvalue weighted by Gasteiger charge is 2.18. The van der Waals surface area contributed by atoms with Crippen LogP contribution in [-0.4, -0.2) is 26.9 Å². The summed E-state index contributed by atoms with van der Waals surface area (Å²) in [7, 11) is 0. The molecule has 180 valence electrons. The number of carboxylic acids is 1. The molecule has 0 aliphatic carbocycles. The normalized spacial score (nSPS) is 13.2. The van der Waals surface area contributed by atoms with Crippen LogP contribution in [0.3, 0.4) is 0 Å². The second kappa shape index (κ2) is 13.2. The minimum absolute atomic E-state index is 0.143. The molecule has 3 unspecified atom stereocenters. The Hall–Kier alpha value is -3.36. The SMILES string of the molecule is CCC(C)c1nc(C)nc2c1oc1ccccc12.CCC(CC(=N)N)CC(C)C(=O)O.N=N. The number of nitrogens with zero attached hydrogens (tertiary/aromatic N) is 2. The smallest absolute Gasteiger partial charge is 0.306 e. The summed E-state index contributed by atoms with van der Waals surface area (Å²) in [5.74, 6) is 0.443. The van der Waals surface area contributed by atoms with E-state index in [1.54, 1.807) is 6.92 Å². The van der Waals surface area contributed by atoms with Crippen LogP contribution < -0.4 is 5.73 Å². The number of furan rings is 1. The molecule has 2 aromatic heterocycles. The molecule has 0 saturated carbocycles. The van der Waals surface area contributed by atoms with Crippen molar-refractivity contribution in [2.45, 2.75) is 66.2 Å². The molecular formula is C24H36N6O3. The molecule has 0 aliphatic rings. The number of benzene rings is 1. The molecule has 9 heteroatoms. The molecule has 1 aromatic carbocycles. The third-order valence-electron chi connectivity index (χ3n) is 5.63. The van der Waals surface area contributed by atoms with Crippen molar-refractivity contribution in [3.8, 4) is 0 Å². The molecule has 0 spiro atoms. The van der Waals surface area contributed by atoms with Crippen molar-refractivity contribution >= 4 is 33.9 Å². The number of rotatable bonds is 8. The largest absolute Gasteiger partial charge is 0.481 e. The number of hydrogen-bond donors (Lipinski definition) is 5. The summed E-state index contributed by atoms with van der Waals surface area (Å²) in [4.78, 5) is 19.7. The molecule has 0 aliphatic heterocycles. The number of aliphatic carboxylic acids is 1. The van der Waals surface area contributed by atoms with Gasteiger partial charge >= 0.3 is 5.97 Å². The Bertz CT molecular complexity index is 1060. The molecule has 9 nitrogen and oxygen atoms in total.